The van der Waals surface area contributed by atoms with Gasteiger partial charge in [0.1, 0.15) is 0 Å². The zero-order valence-corrected chi connectivity index (χ0v) is 22.7. The second-order valence-electron chi connectivity index (χ2n) is 14.5. The lowest BCUT2D eigenvalue weighted by Gasteiger charge is -2.70. The van der Waals surface area contributed by atoms with Crippen LogP contribution in [-0.4, -0.2) is 33.1 Å². The molecule has 4 saturated carbocycles. The number of fused-ring (bicyclic) bond motifs is 5. The monoisotopic (exact) mass is 460 g/mol. The van der Waals surface area contributed by atoms with Crippen LogP contribution in [0.4, 0.5) is 0 Å². The fraction of sp³-hybridized carbons (Fsp3) is 0.933. The van der Waals surface area contributed by atoms with Crippen LogP contribution in [0.15, 0.2) is 11.6 Å². The van der Waals surface area contributed by atoms with E-state index in [0.29, 0.717) is 11.8 Å². The first-order chi connectivity index (χ1) is 15.1. The van der Waals surface area contributed by atoms with E-state index in [2.05, 4.69) is 54.5 Å². The molecule has 0 aromatic heterocycles. The van der Waals surface area contributed by atoms with E-state index in [-0.39, 0.29) is 45.7 Å². The van der Waals surface area contributed by atoms with Crippen molar-refractivity contribution in [2.45, 2.75) is 131 Å². The van der Waals surface area contributed by atoms with Gasteiger partial charge in [0.05, 0.1) is 17.8 Å². The molecule has 0 radical (unpaired) electrons. The summed E-state index contributed by atoms with van der Waals surface area (Å²) in [6.45, 7) is 18.3. The van der Waals surface area contributed by atoms with E-state index in [1.165, 1.54) is 18.4 Å². The average Bonchev–Trinajstić information content (AvgIpc) is 3.08. The minimum Gasteiger partial charge on any atom is -0.393 e. The van der Waals surface area contributed by atoms with E-state index >= 15 is 0 Å². The summed E-state index contributed by atoms with van der Waals surface area (Å²) < 4.78 is 0. The summed E-state index contributed by atoms with van der Waals surface area (Å²) in [6.07, 6.45) is 10.6. The van der Waals surface area contributed by atoms with Crippen LogP contribution in [0.2, 0.25) is 0 Å². The molecule has 3 N–H and O–H groups in total. The fourth-order valence-corrected chi connectivity index (χ4v) is 10.3. The maximum absolute atomic E-state index is 11.8. The molecular weight excluding hydrogens is 408 g/mol. The molecule has 10 atom stereocenters. The van der Waals surface area contributed by atoms with Gasteiger partial charge >= 0.3 is 0 Å². The molecule has 0 amide bonds. The maximum atomic E-state index is 11.8. The van der Waals surface area contributed by atoms with Gasteiger partial charge in [0.25, 0.3) is 0 Å². The third kappa shape index (κ3) is 3.61. The highest BCUT2D eigenvalue weighted by molar-refractivity contribution is 5.20. The van der Waals surface area contributed by atoms with Gasteiger partial charge in [-0.2, -0.15) is 0 Å². The highest BCUT2D eigenvalue weighted by Crippen LogP contribution is 2.75. The molecule has 3 heteroatoms. The number of rotatable bonds is 4. The van der Waals surface area contributed by atoms with Crippen molar-refractivity contribution in [1.82, 2.24) is 0 Å². The molecule has 4 fully saturated rings. The summed E-state index contributed by atoms with van der Waals surface area (Å²) in [4.78, 5) is 0. The van der Waals surface area contributed by atoms with Crippen LogP contribution in [0.1, 0.15) is 113 Å². The molecule has 4 aliphatic rings. The molecule has 0 aromatic carbocycles. The average molecular weight is 461 g/mol. The Kier molecular flexibility index (Phi) is 6.28. The van der Waals surface area contributed by atoms with Gasteiger partial charge in [0.2, 0.25) is 0 Å². The van der Waals surface area contributed by atoms with Crippen LogP contribution in [0.25, 0.3) is 0 Å². The summed E-state index contributed by atoms with van der Waals surface area (Å²) in [5, 5.41) is 34.3. The van der Waals surface area contributed by atoms with Gasteiger partial charge in [-0.25, -0.2) is 0 Å². The van der Waals surface area contributed by atoms with E-state index in [0.717, 1.165) is 44.9 Å². The number of allylic oxidation sites excluding steroid dienone is 2. The van der Waals surface area contributed by atoms with Crippen molar-refractivity contribution in [3.05, 3.63) is 11.6 Å². The third-order valence-corrected chi connectivity index (χ3v) is 12.4. The van der Waals surface area contributed by atoms with Crippen molar-refractivity contribution >= 4 is 0 Å². The molecule has 0 aromatic rings. The molecule has 3 nitrogen and oxygen atoms in total. The van der Waals surface area contributed by atoms with Gasteiger partial charge in [-0.1, -0.05) is 46.3 Å². The minimum absolute atomic E-state index is 0.0503. The lowest BCUT2D eigenvalue weighted by molar-refractivity contribution is -0.246. The van der Waals surface area contributed by atoms with Gasteiger partial charge in [0, 0.05) is 0 Å². The summed E-state index contributed by atoms with van der Waals surface area (Å²) in [7, 11) is 0. The fourth-order valence-electron chi connectivity index (χ4n) is 10.3. The Morgan fingerprint density at radius 1 is 0.909 bits per heavy atom. The zero-order chi connectivity index (χ0) is 24.6. The largest absolute Gasteiger partial charge is 0.393 e. The van der Waals surface area contributed by atoms with Gasteiger partial charge in [-0.3, -0.25) is 0 Å². The molecule has 33 heavy (non-hydrogen) atoms. The number of aliphatic hydroxyl groups excluding tert-OH is 2. The number of hydrogen-bond acceptors (Lipinski definition) is 3. The second-order valence-corrected chi connectivity index (χ2v) is 14.5. The smallest absolute Gasteiger partial charge is 0.0654 e. The molecule has 0 aliphatic heterocycles. The van der Waals surface area contributed by atoms with Crippen molar-refractivity contribution in [1.29, 1.82) is 0 Å². The Bertz CT molecular complexity index is 779. The Morgan fingerprint density at radius 3 is 2.18 bits per heavy atom. The van der Waals surface area contributed by atoms with Gasteiger partial charge in [-0.05, 0) is 124 Å². The van der Waals surface area contributed by atoms with Gasteiger partial charge in [-0.15, -0.1) is 0 Å². The van der Waals surface area contributed by atoms with Crippen molar-refractivity contribution in [2.75, 3.05) is 0 Å². The first-order valence-corrected chi connectivity index (χ1v) is 13.8. The second kappa shape index (κ2) is 8.07. The maximum Gasteiger partial charge on any atom is 0.0654 e. The van der Waals surface area contributed by atoms with Crippen LogP contribution < -0.4 is 0 Å². The van der Waals surface area contributed by atoms with E-state index in [1.807, 2.05) is 6.92 Å². The van der Waals surface area contributed by atoms with Crippen LogP contribution in [0.5, 0.6) is 0 Å². The molecule has 0 heterocycles. The SMILES string of the molecule is CC(C)=CCCC(C)(O)C1CC[C@]2(C)C1[C@H](O)CC1[C@@]3(C)CC[C@H](O)C(C)(C)C3CC[C@]12C. The molecule has 5 unspecified atom stereocenters. The topological polar surface area (TPSA) is 60.7 Å². The summed E-state index contributed by atoms with van der Waals surface area (Å²) in [5.41, 5.74) is 0.885. The highest BCUT2D eigenvalue weighted by Gasteiger charge is 2.71. The number of aliphatic hydroxyl groups is 3. The summed E-state index contributed by atoms with van der Waals surface area (Å²) >= 11 is 0. The predicted molar refractivity (Wildman–Crippen MR) is 136 cm³/mol. The van der Waals surface area contributed by atoms with Crippen LogP contribution >= 0.6 is 0 Å². The molecular formula is C30H52O3. The molecule has 0 saturated heterocycles. The van der Waals surface area contributed by atoms with Gasteiger partial charge < -0.3 is 15.3 Å². The van der Waals surface area contributed by atoms with Crippen molar-refractivity contribution in [2.24, 2.45) is 45.3 Å². The molecule has 4 aliphatic carbocycles. The molecule has 0 spiro atoms. The first kappa shape index (κ1) is 25.7. The Labute approximate surface area is 203 Å². The molecule has 4 rings (SSSR count). The van der Waals surface area contributed by atoms with Crippen molar-refractivity contribution in [3.63, 3.8) is 0 Å². The van der Waals surface area contributed by atoms with Crippen molar-refractivity contribution < 1.29 is 15.3 Å². The zero-order valence-electron chi connectivity index (χ0n) is 22.7. The van der Waals surface area contributed by atoms with Gasteiger partial charge in [0.15, 0.2) is 0 Å². The standard InChI is InChI=1S/C30H52O3/c1-19(2)10-9-14-30(8,33)20-11-16-29(7)25(20)21(31)18-23-27(5)15-13-24(32)26(3,4)22(27)12-17-28(23,29)6/h10,20-25,31-33H,9,11-18H2,1-8H3/t20?,21-,22?,23?,24+,25?,27+,28-,29-,30?/m1/s1. The van der Waals surface area contributed by atoms with Crippen LogP contribution in [0.3, 0.4) is 0 Å². The Morgan fingerprint density at radius 2 is 1.55 bits per heavy atom. The van der Waals surface area contributed by atoms with Crippen LogP contribution in [-0.2, 0) is 0 Å². The molecule has 190 valence electrons. The summed E-state index contributed by atoms with van der Waals surface area (Å²) in [6, 6.07) is 0. The Hall–Kier alpha value is -0.380. The lowest BCUT2D eigenvalue weighted by atomic mass is 9.35. The minimum atomic E-state index is -0.739. The van der Waals surface area contributed by atoms with Crippen LogP contribution in [0, 0.1) is 45.3 Å². The van der Waals surface area contributed by atoms with Crippen molar-refractivity contribution in [3.8, 4) is 0 Å². The first-order valence-electron chi connectivity index (χ1n) is 13.8. The number of hydrogen-bond donors (Lipinski definition) is 3. The molecule has 0 bridgehead atoms. The highest BCUT2D eigenvalue weighted by atomic mass is 16.3. The lowest BCUT2D eigenvalue weighted by Crippen LogP contribution is -2.66. The summed E-state index contributed by atoms with van der Waals surface area (Å²) in [5.74, 6) is 1.31. The van der Waals surface area contributed by atoms with E-state index in [1.54, 1.807) is 0 Å². The van der Waals surface area contributed by atoms with E-state index in [9.17, 15) is 15.3 Å². The Balaban J connectivity index is 1.66. The predicted octanol–water partition coefficient (Wildman–Crippen LogP) is 6.50. The van der Waals surface area contributed by atoms with E-state index in [4.69, 9.17) is 0 Å². The quantitative estimate of drug-likeness (QED) is 0.420. The van der Waals surface area contributed by atoms with E-state index < -0.39 is 5.60 Å². The normalized spacial score (nSPS) is 50.5. The third-order valence-electron chi connectivity index (χ3n) is 12.4.